The molecule has 0 N–H and O–H groups in total. The summed E-state index contributed by atoms with van der Waals surface area (Å²) in [4.78, 5) is 5.01. The lowest BCUT2D eigenvalue weighted by molar-refractivity contribution is 0.108. The summed E-state index contributed by atoms with van der Waals surface area (Å²) >= 11 is 0. The molecule has 0 bridgehead atoms. The van der Waals surface area contributed by atoms with Crippen LogP contribution in [0.2, 0.25) is 0 Å². The number of rotatable bonds is 2. The van der Waals surface area contributed by atoms with Crippen LogP contribution in [-0.2, 0) is 0 Å². The van der Waals surface area contributed by atoms with E-state index in [1.54, 1.807) is 0 Å². The van der Waals surface area contributed by atoms with Gasteiger partial charge in [0.05, 0.1) is 0 Å². The highest BCUT2D eigenvalue weighted by Crippen LogP contribution is 2.17. The SMILES string of the molecule is CC(C1C=CC=CC=C1)N1CCN(C)CC1.Cc1ccccc1. The first-order chi connectivity index (χ1) is 11.2. The van der Waals surface area contributed by atoms with Crippen LogP contribution in [0.4, 0.5) is 0 Å². The van der Waals surface area contributed by atoms with E-state index in [1.165, 1.54) is 31.7 Å². The molecule has 1 saturated heterocycles. The van der Waals surface area contributed by atoms with E-state index in [2.05, 4.69) is 79.3 Å². The zero-order valence-corrected chi connectivity index (χ0v) is 14.7. The lowest BCUT2D eigenvalue weighted by atomic mass is 9.98. The van der Waals surface area contributed by atoms with E-state index >= 15 is 0 Å². The van der Waals surface area contributed by atoms with Crippen molar-refractivity contribution in [2.24, 2.45) is 5.92 Å². The van der Waals surface area contributed by atoms with Gasteiger partial charge in [0.1, 0.15) is 0 Å². The Morgan fingerprint density at radius 3 is 1.91 bits per heavy atom. The first kappa shape index (κ1) is 17.7. The van der Waals surface area contributed by atoms with Gasteiger partial charge < -0.3 is 4.90 Å². The Bertz CT molecular complexity index is 506. The Kier molecular flexibility index (Phi) is 7.31. The van der Waals surface area contributed by atoms with Gasteiger partial charge in [-0.1, -0.05) is 72.4 Å². The number of likely N-dealkylation sites (N-methyl/N-ethyl adjacent to an activating group) is 1. The molecule has 1 heterocycles. The zero-order chi connectivity index (χ0) is 16.5. The van der Waals surface area contributed by atoms with Gasteiger partial charge >= 0.3 is 0 Å². The molecule has 1 fully saturated rings. The normalized spacial score (nSPS) is 20.7. The van der Waals surface area contributed by atoms with Crippen LogP contribution in [0.25, 0.3) is 0 Å². The molecular weight excluding hydrogens is 280 g/mol. The largest absolute Gasteiger partial charge is 0.304 e. The molecule has 2 nitrogen and oxygen atoms in total. The maximum atomic E-state index is 2.60. The molecule has 1 aliphatic heterocycles. The van der Waals surface area contributed by atoms with E-state index in [-0.39, 0.29) is 0 Å². The average molecular weight is 310 g/mol. The average Bonchev–Trinajstić information content (AvgIpc) is 2.85. The molecule has 2 aliphatic rings. The summed E-state index contributed by atoms with van der Waals surface area (Å²) in [7, 11) is 2.21. The molecule has 1 unspecified atom stereocenters. The van der Waals surface area contributed by atoms with Crippen molar-refractivity contribution in [2.45, 2.75) is 19.9 Å². The van der Waals surface area contributed by atoms with E-state index < -0.39 is 0 Å². The number of hydrogen-bond donors (Lipinski definition) is 0. The minimum absolute atomic E-state index is 0.554. The molecule has 1 aliphatic carbocycles. The van der Waals surface area contributed by atoms with Crippen molar-refractivity contribution in [2.75, 3.05) is 33.2 Å². The summed E-state index contributed by atoms with van der Waals surface area (Å²) < 4.78 is 0. The molecule has 23 heavy (non-hydrogen) atoms. The van der Waals surface area contributed by atoms with Crippen molar-refractivity contribution in [3.8, 4) is 0 Å². The van der Waals surface area contributed by atoms with Crippen LogP contribution in [0.3, 0.4) is 0 Å². The minimum atomic E-state index is 0.554. The van der Waals surface area contributed by atoms with Crippen LogP contribution in [0.5, 0.6) is 0 Å². The van der Waals surface area contributed by atoms with E-state index in [0.717, 1.165) is 0 Å². The highest BCUT2D eigenvalue weighted by atomic mass is 15.3. The van der Waals surface area contributed by atoms with Crippen LogP contribution in [-0.4, -0.2) is 49.1 Å². The van der Waals surface area contributed by atoms with Gasteiger partial charge in [0.15, 0.2) is 0 Å². The Hall–Kier alpha value is -1.64. The Labute approximate surface area is 141 Å². The number of aryl methyl sites for hydroxylation is 1. The fourth-order valence-corrected chi connectivity index (χ4v) is 2.91. The molecular formula is C21H30N2. The van der Waals surface area contributed by atoms with Gasteiger partial charge in [0.25, 0.3) is 0 Å². The summed E-state index contributed by atoms with van der Waals surface area (Å²) in [6.45, 7) is 9.22. The predicted molar refractivity (Wildman–Crippen MR) is 101 cm³/mol. The standard InChI is InChI=1S/C14H22N2.C7H8/c1-13(14-7-5-3-4-6-8-14)16-11-9-15(2)10-12-16;1-7-5-3-2-4-6-7/h3-8,13-14H,9-12H2,1-2H3;2-6H,1H3. The van der Waals surface area contributed by atoms with Crippen LogP contribution in [0.1, 0.15) is 12.5 Å². The molecule has 1 aromatic carbocycles. The first-order valence-electron chi connectivity index (χ1n) is 8.63. The first-order valence-corrected chi connectivity index (χ1v) is 8.63. The summed E-state index contributed by atoms with van der Waals surface area (Å²) in [5, 5.41) is 0. The van der Waals surface area contributed by atoms with Crippen molar-refractivity contribution in [3.63, 3.8) is 0 Å². The number of piperazine rings is 1. The van der Waals surface area contributed by atoms with Gasteiger partial charge in [-0.05, 0) is 20.9 Å². The van der Waals surface area contributed by atoms with Crippen molar-refractivity contribution in [1.29, 1.82) is 0 Å². The fourth-order valence-electron chi connectivity index (χ4n) is 2.91. The van der Waals surface area contributed by atoms with Gasteiger partial charge in [0.2, 0.25) is 0 Å². The second-order valence-corrected chi connectivity index (χ2v) is 6.47. The quantitative estimate of drug-likeness (QED) is 0.817. The number of hydrogen-bond acceptors (Lipinski definition) is 2. The summed E-state index contributed by atoms with van der Waals surface area (Å²) in [6, 6.07) is 10.9. The number of nitrogens with zero attached hydrogens (tertiary/aromatic N) is 2. The summed E-state index contributed by atoms with van der Waals surface area (Å²) in [5.41, 5.74) is 1.32. The maximum absolute atomic E-state index is 2.60. The van der Waals surface area contributed by atoms with Crippen molar-refractivity contribution < 1.29 is 0 Å². The third-order valence-corrected chi connectivity index (χ3v) is 4.61. The smallest absolute Gasteiger partial charge is 0.0166 e. The van der Waals surface area contributed by atoms with Crippen LogP contribution in [0.15, 0.2) is 66.8 Å². The van der Waals surface area contributed by atoms with Crippen molar-refractivity contribution in [3.05, 3.63) is 72.4 Å². The topological polar surface area (TPSA) is 6.48 Å². The molecule has 0 saturated carbocycles. The van der Waals surface area contributed by atoms with Crippen LogP contribution >= 0.6 is 0 Å². The summed E-state index contributed by atoms with van der Waals surface area (Å²) in [6.07, 6.45) is 13.2. The molecule has 1 aromatic rings. The second-order valence-electron chi connectivity index (χ2n) is 6.47. The molecule has 0 spiro atoms. The van der Waals surface area contributed by atoms with Gasteiger partial charge in [0, 0.05) is 38.1 Å². The Balaban J connectivity index is 0.000000229. The highest BCUT2D eigenvalue weighted by Gasteiger charge is 2.22. The molecule has 0 aromatic heterocycles. The molecule has 1 atom stereocenters. The monoisotopic (exact) mass is 310 g/mol. The minimum Gasteiger partial charge on any atom is -0.304 e. The third kappa shape index (κ3) is 6.17. The number of allylic oxidation sites excluding steroid dienone is 4. The molecule has 0 radical (unpaired) electrons. The van der Waals surface area contributed by atoms with Gasteiger partial charge in [-0.15, -0.1) is 0 Å². The Morgan fingerprint density at radius 1 is 0.870 bits per heavy atom. The van der Waals surface area contributed by atoms with Crippen molar-refractivity contribution in [1.82, 2.24) is 9.80 Å². The van der Waals surface area contributed by atoms with E-state index in [9.17, 15) is 0 Å². The van der Waals surface area contributed by atoms with Gasteiger partial charge in [-0.2, -0.15) is 0 Å². The number of benzene rings is 1. The zero-order valence-electron chi connectivity index (χ0n) is 14.7. The lowest BCUT2D eigenvalue weighted by Crippen LogP contribution is -2.49. The van der Waals surface area contributed by atoms with Gasteiger partial charge in [-0.3, -0.25) is 4.90 Å². The molecule has 0 amide bonds. The Morgan fingerprint density at radius 2 is 1.43 bits per heavy atom. The van der Waals surface area contributed by atoms with E-state index in [0.29, 0.717) is 12.0 Å². The van der Waals surface area contributed by atoms with E-state index in [1.807, 2.05) is 18.2 Å². The molecule has 3 rings (SSSR count). The fraction of sp³-hybridized carbons (Fsp3) is 0.429. The third-order valence-electron chi connectivity index (χ3n) is 4.61. The molecule has 124 valence electrons. The van der Waals surface area contributed by atoms with Crippen LogP contribution in [0, 0.1) is 12.8 Å². The van der Waals surface area contributed by atoms with Crippen molar-refractivity contribution >= 4 is 0 Å². The molecule has 2 heteroatoms. The van der Waals surface area contributed by atoms with Gasteiger partial charge in [-0.25, -0.2) is 0 Å². The summed E-state index contributed by atoms with van der Waals surface area (Å²) in [5.74, 6) is 0.554. The highest BCUT2D eigenvalue weighted by molar-refractivity contribution is 5.20. The predicted octanol–water partition coefficient (Wildman–Crippen LogP) is 3.92. The van der Waals surface area contributed by atoms with E-state index in [4.69, 9.17) is 0 Å². The maximum Gasteiger partial charge on any atom is 0.0166 e. The lowest BCUT2D eigenvalue weighted by Gasteiger charge is -2.38. The second kappa shape index (κ2) is 9.49. The van der Waals surface area contributed by atoms with Crippen LogP contribution < -0.4 is 0 Å².